The molecule has 0 radical (unpaired) electrons. The van der Waals surface area contributed by atoms with Crippen molar-refractivity contribution >= 4 is 11.8 Å². The van der Waals surface area contributed by atoms with Crippen molar-refractivity contribution < 1.29 is 19.4 Å². The van der Waals surface area contributed by atoms with Gasteiger partial charge in [-0.25, -0.2) is 4.79 Å². The number of methoxy groups -OCH3 is 1. The molecule has 11 heavy (non-hydrogen) atoms. The third-order valence-electron chi connectivity index (χ3n) is 1.16. The summed E-state index contributed by atoms with van der Waals surface area (Å²) in [4.78, 5) is 21.5. The number of carbonyl (C=O) groups is 2. The summed E-state index contributed by atoms with van der Waals surface area (Å²) in [5.41, 5.74) is -0.310. The van der Waals surface area contributed by atoms with Gasteiger partial charge in [-0.15, -0.1) is 0 Å². The van der Waals surface area contributed by atoms with Crippen LogP contribution >= 0.6 is 0 Å². The maximum Gasteiger partial charge on any atom is 0.344 e. The molecule has 0 amide bonds. The van der Waals surface area contributed by atoms with Gasteiger partial charge in [-0.05, 0) is 0 Å². The molecule has 0 aliphatic heterocycles. The van der Waals surface area contributed by atoms with E-state index in [4.69, 9.17) is 5.11 Å². The molecule has 0 aromatic heterocycles. The van der Waals surface area contributed by atoms with Gasteiger partial charge in [0.25, 0.3) is 0 Å². The first-order valence-electron chi connectivity index (χ1n) is 3.13. The van der Waals surface area contributed by atoms with Crippen molar-refractivity contribution in [1.29, 1.82) is 0 Å². The van der Waals surface area contributed by atoms with Gasteiger partial charge in [-0.1, -0.05) is 6.92 Å². The van der Waals surface area contributed by atoms with Crippen LogP contribution in [0.25, 0.3) is 0 Å². The Balaban J connectivity index is 4.43. The number of esters is 1. The van der Waals surface area contributed by atoms with Gasteiger partial charge in [-0.2, -0.15) is 0 Å². The maximum absolute atomic E-state index is 10.8. The third kappa shape index (κ3) is 2.41. The molecule has 0 aliphatic rings. The second-order valence-corrected chi connectivity index (χ2v) is 1.81. The van der Waals surface area contributed by atoms with Crippen LogP contribution in [-0.2, 0) is 14.3 Å². The van der Waals surface area contributed by atoms with Crippen LogP contribution in [0.2, 0.25) is 0 Å². The summed E-state index contributed by atoms with van der Waals surface area (Å²) >= 11 is 0. The van der Waals surface area contributed by atoms with Crippen molar-refractivity contribution in [2.75, 3.05) is 7.11 Å². The Labute approximate surface area is 64.5 Å². The zero-order valence-corrected chi connectivity index (χ0v) is 6.46. The molecule has 0 rings (SSSR count). The Morgan fingerprint density at radius 2 is 2.09 bits per heavy atom. The van der Waals surface area contributed by atoms with Crippen LogP contribution in [0.5, 0.6) is 0 Å². The van der Waals surface area contributed by atoms with Crippen molar-refractivity contribution in [2.45, 2.75) is 13.3 Å². The second-order valence-electron chi connectivity index (χ2n) is 1.81. The average Bonchev–Trinajstić information content (AvgIpc) is 2.05. The van der Waals surface area contributed by atoms with Gasteiger partial charge in [-0.3, -0.25) is 4.79 Å². The molecule has 0 aliphatic carbocycles. The molecule has 0 saturated carbocycles. The molecule has 0 bridgehead atoms. The molecule has 0 heterocycles. The number of aliphatic hydroxyl groups is 1. The number of ether oxygens (including phenoxy) is 1. The fourth-order valence-electron chi connectivity index (χ4n) is 0.539. The molecule has 0 aromatic carbocycles. The number of hydrogen-bond donors (Lipinski definition) is 1. The lowest BCUT2D eigenvalue weighted by molar-refractivity contribution is -0.137. The van der Waals surface area contributed by atoms with E-state index in [0.29, 0.717) is 6.26 Å². The lowest BCUT2D eigenvalue weighted by atomic mass is 10.1. The molecule has 0 aromatic rings. The van der Waals surface area contributed by atoms with Crippen LogP contribution in [0.3, 0.4) is 0 Å². The first-order valence-corrected chi connectivity index (χ1v) is 3.13. The summed E-state index contributed by atoms with van der Waals surface area (Å²) in [7, 11) is 1.15. The summed E-state index contributed by atoms with van der Waals surface area (Å²) in [6.07, 6.45) is 0.638. The van der Waals surface area contributed by atoms with Crippen LogP contribution in [-0.4, -0.2) is 24.0 Å². The van der Waals surface area contributed by atoms with E-state index >= 15 is 0 Å². The zero-order chi connectivity index (χ0) is 8.85. The van der Waals surface area contributed by atoms with Gasteiger partial charge in [0.15, 0.2) is 5.78 Å². The maximum atomic E-state index is 10.8. The molecular weight excluding hydrogens is 148 g/mol. The van der Waals surface area contributed by atoms with E-state index in [9.17, 15) is 9.59 Å². The molecule has 0 fully saturated rings. The van der Waals surface area contributed by atoms with E-state index in [-0.39, 0.29) is 12.0 Å². The first kappa shape index (κ1) is 9.68. The van der Waals surface area contributed by atoms with Crippen LogP contribution in [0.1, 0.15) is 13.3 Å². The third-order valence-corrected chi connectivity index (χ3v) is 1.16. The minimum Gasteiger partial charge on any atom is -0.515 e. The van der Waals surface area contributed by atoms with Crippen LogP contribution in [0.15, 0.2) is 11.8 Å². The van der Waals surface area contributed by atoms with Gasteiger partial charge < -0.3 is 9.84 Å². The minimum atomic E-state index is -0.806. The molecule has 0 atom stereocenters. The number of aliphatic hydroxyl groups excluding tert-OH is 1. The van der Waals surface area contributed by atoms with Crippen molar-refractivity contribution in [3.8, 4) is 0 Å². The Morgan fingerprint density at radius 1 is 1.55 bits per heavy atom. The normalized spacial score (nSPS) is 10.9. The van der Waals surface area contributed by atoms with Gasteiger partial charge in [0.2, 0.25) is 0 Å². The van der Waals surface area contributed by atoms with E-state index < -0.39 is 11.8 Å². The van der Waals surface area contributed by atoms with Gasteiger partial charge in [0.1, 0.15) is 5.57 Å². The molecular formula is C7H10O4. The molecule has 1 N–H and O–H groups in total. The fourth-order valence-corrected chi connectivity index (χ4v) is 0.539. The van der Waals surface area contributed by atoms with Crippen LogP contribution in [0.4, 0.5) is 0 Å². The van der Waals surface area contributed by atoms with Crippen molar-refractivity contribution in [3.05, 3.63) is 11.8 Å². The van der Waals surface area contributed by atoms with E-state index in [1.54, 1.807) is 6.92 Å². The Kier molecular flexibility index (Phi) is 3.95. The SMILES string of the molecule is CCC(=O)C(=CO)C(=O)OC. The predicted octanol–water partition coefficient (Wildman–Crippen LogP) is 0.580. The number of ketones is 1. The summed E-state index contributed by atoms with van der Waals surface area (Å²) in [6.45, 7) is 1.59. The predicted molar refractivity (Wildman–Crippen MR) is 38.0 cm³/mol. The standard InChI is InChI=1S/C7H10O4/c1-3-6(9)5(4-8)7(10)11-2/h4,8H,3H2,1-2H3. The van der Waals surface area contributed by atoms with E-state index in [2.05, 4.69) is 4.74 Å². The zero-order valence-electron chi connectivity index (χ0n) is 6.46. The largest absolute Gasteiger partial charge is 0.515 e. The van der Waals surface area contributed by atoms with Crippen LogP contribution in [0, 0.1) is 0 Å². The second kappa shape index (κ2) is 4.49. The summed E-state index contributed by atoms with van der Waals surface area (Å²) < 4.78 is 4.24. The molecule has 62 valence electrons. The van der Waals surface area contributed by atoms with Crippen LogP contribution < -0.4 is 0 Å². The van der Waals surface area contributed by atoms with Gasteiger partial charge in [0, 0.05) is 6.42 Å². The Hall–Kier alpha value is -1.32. The number of Topliss-reactive ketones (excluding diaryl/α,β-unsaturated/α-hetero) is 1. The first-order chi connectivity index (χ1) is 5.17. The fraction of sp³-hybridized carbons (Fsp3) is 0.429. The highest BCUT2D eigenvalue weighted by atomic mass is 16.5. The highest BCUT2D eigenvalue weighted by Gasteiger charge is 2.16. The molecule has 0 spiro atoms. The van der Waals surface area contributed by atoms with E-state index in [0.717, 1.165) is 7.11 Å². The number of hydrogen-bond acceptors (Lipinski definition) is 4. The number of rotatable bonds is 3. The molecule has 4 heteroatoms. The quantitative estimate of drug-likeness (QED) is 0.214. The van der Waals surface area contributed by atoms with Crippen molar-refractivity contribution in [1.82, 2.24) is 0 Å². The summed E-state index contributed by atoms with van der Waals surface area (Å²) in [5.74, 6) is -1.24. The molecule has 0 saturated heterocycles. The number of carbonyl (C=O) groups excluding carboxylic acids is 2. The Bertz CT molecular complexity index is 175. The average molecular weight is 158 g/mol. The topological polar surface area (TPSA) is 63.6 Å². The summed E-state index contributed by atoms with van der Waals surface area (Å²) in [5, 5.41) is 8.45. The van der Waals surface area contributed by atoms with Gasteiger partial charge >= 0.3 is 5.97 Å². The highest BCUT2D eigenvalue weighted by Crippen LogP contribution is 2.00. The highest BCUT2D eigenvalue weighted by molar-refractivity contribution is 6.16. The van der Waals surface area contributed by atoms with E-state index in [1.807, 2.05) is 0 Å². The molecule has 0 unspecified atom stereocenters. The van der Waals surface area contributed by atoms with Crippen molar-refractivity contribution in [2.24, 2.45) is 0 Å². The Morgan fingerprint density at radius 3 is 2.36 bits per heavy atom. The monoisotopic (exact) mass is 158 g/mol. The minimum absolute atomic E-state index is 0.168. The molecule has 4 nitrogen and oxygen atoms in total. The van der Waals surface area contributed by atoms with Crippen molar-refractivity contribution in [3.63, 3.8) is 0 Å². The lowest BCUT2D eigenvalue weighted by Gasteiger charge is -1.99. The smallest absolute Gasteiger partial charge is 0.344 e. The van der Waals surface area contributed by atoms with E-state index in [1.165, 1.54) is 0 Å². The summed E-state index contributed by atoms with van der Waals surface area (Å²) in [6, 6.07) is 0. The van der Waals surface area contributed by atoms with Gasteiger partial charge in [0.05, 0.1) is 13.4 Å². The lowest BCUT2D eigenvalue weighted by Crippen LogP contribution is -2.13.